The van der Waals surface area contributed by atoms with E-state index in [-0.39, 0.29) is 16.0 Å². The van der Waals surface area contributed by atoms with Gasteiger partial charge in [-0.25, -0.2) is 9.97 Å². The van der Waals surface area contributed by atoms with E-state index in [4.69, 9.17) is 23.2 Å². The lowest BCUT2D eigenvalue weighted by molar-refractivity contribution is 0.112. The van der Waals surface area contributed by atoms with Crippen LogP contribution < -0.4 is 0 Å². The molecule has 5 heteroatoms. The molecule has 0 aromatic carbocycles. The van der Waals surface area contributed by atoms with Gasteiger partial charge in [0.05, 0.1) is 11.3 Å². The Morgan fingerprint density at radius 3 is 2.45 bits per heavy atom. The highest BCUT2D eigenvalue weighted by Gasteiger charge is 2.06. The van der Waals surface area contributed by atoms with Gasteiger partial charge in [-0.2, -0.15) is 0 Å². The first-order valence-corrected chi connectivity index (χ1v) is 3.55. The van der Waals surface area contributed by atoms with Crippen LogP contribution in [0.1, 0.15) is 16.1 Å². The van der Waals surface area contributed by atoms with Gasteiger partial charge in [0.25, 0.3) is 0 Å². The summed E-state index contributed by atoms with van der Waals surface area (Å²) in [5.41, 5.74) is 0.779. The molecule has 11 heavy (non-hydrogen) atoms. The quantitative estimate of drug-likeness (QED) is 0.386. The Bertz CT molecular complexity index is 278. The standard InChI is InChI=1S/C6H4Cl2N2O/c1-3-4(2-11)5(7)10-6(8)9-3/h2H,1H3. The summed E-state index contributed by atoms with van der Waals surface area (Å²) < 4.78 is 0. The van der Waals surface area contributed by atoms with E-state index in [0.717, 1.165) is 0 Å². The summed E-state index contributed by atoms with van der Waals surface area (Å²) in [7, 11) is 0. The largest absolute Gasteiger partial charge is 0.298 e. The lowest BCUT2D eigenvalue weighted by Gasteiger charge is -1.98. The third-order valence-corrected chi connectivity index (χ3v) is 1.64. The zero-order chi connectivity index (χ0) is 8.43. The van der Waals surface area contributed by atoms with Crippen molar-refractivity contribution in [3.8, 4) is 0 Å². The Kier molecular flexibility index (Phi) is 2.42. The molecule has 0 atom stereocenters. The maximum atomic E-state index is 10.4. The lowest BCUT2D eigenvalue weighted by Crippen LogP contribution is -1.95. The fourth-order valence-corrected chi connectivity index (χ4v) is 1.16. The summed E-state index contributed by atoms with van der Waals surface area (Å²) >= 11 is 11.0. The van der Waals surface area contributed by atoms with E-state index in [9.17, 15) is 4.79 Å². The van der Waals surface area contributed by atoms with Crippen LogP contribution in [0.2, 0.25) is 10.4 Å². The number of hydrogen-bond acceptors (Lipinski definition) is 3. The third kappa shape index (κ3) is 1.67. The van der Waals surface area contributed by atoms with E-state index in [1.807, 2.05) is 0 Å². The summed E-state index contributed by atoms with van der Waals surface area (Å²) in [5, 5.41) is 0.149. The number of carbonyl (C=O) groups is 1. The Balaban J connectivity index is 3.36. The van der Waals surface area contributed by atoms with Crippen LogP contribution in [0.15, 0.2) is 0 Å². The molecule has 0 aliphatic carbocycles. The van der Waals surface area contributed by atoms with Gasteiger partial charge >= 0.3 is 0 Å². The zero-order valence-electron chi connectivity index (χ0n) is 5.64. The molecule has 0 amide bonds. The van der Waals surface area contributed by atoms with Crippen molar-refractivity contribution in [3.05, 3.63) is 21.7 Å². The second kappa shape index (κ2) is 3.15. The van der Waals surface area contributed by atoms with E-state index in [1.54, 1.807) is 6.92 Å². The van der Waals surface area contributed by atoms with Gasteiger partial charge in [-0.15, -0.1) is 0 Å². The maximum absolute atomic E-state index is 10.4. The molecular weight excluding hydrogens is 187 g/mol. The highest BCUT2D eigenvalue weighted by atomic mass is 35.5. The Labute approximate surface area is 73.4 Å². The van der Waals surface area contributed by atoms with Crippen LogP contribution in [-0.2, 0) is 0 Å². The van der Waals surface area contributed by atoms with Crippen LogP contribution >= 0.6 is 23.2 Å². The Morgan fingerprint density at radius 1 is 1.36 bits per heavy atom. The summed E-state index contributed by atoms with van der Waals surface area (Å²) in [6, 6.07) is 0. The van der Waals surface area contributed by atoms with Crippen molar-refractivity contribution in [3.63, 3.8) is 0 Å². The van der Waals surface area contributed by atoms with Crippen molar-refractivity contribution >= 4 is 29.5 Å². The summed E-state index contributed by atoms with van der Waals surface area (Å²) in [6.45, 7) is 1.64. The van der Waals surface area contributed by atoms with E-state index in [0.29, 0.717) is 12.0 Å². The van der Waals surface area contributed by atoms with Crippen LogP contribution in [0, 0.1) is 6.92 Å². The molecule has 0 fully saturated rings. The van der Waals surface area contributed by atoms with E-state index < -0.39 is 0 Å². The van der Waals surface area contributed by atoms with Gasteiger partial charge in [0.15, 0.2) is 6.29 Å². The number of aryl methyl sites for hydroxylation is 1. The van der Waals surface area contributed by atoms with Crippen LogP contribution in [-0.4, -0.2) is 16.3 Å². The van der Waals surface area contributed by atoms with E-state index in [1.165, 1.54) is 0 Å². The minimum absolute atomic E-state index is 0.0538. The van der Waals surface area contributed by atoms with Crippen molar-refractivity contribution in [2.24, 2.45) is 0 Å². The molecule has 1 aromatic rings. The zero-order valence-corrected chi connectivity index (χ0v) is 7.15. The van der Waals surface area contributed by atoms with Crippen LogP contribution in [0.25, 0.3) is 0 Å². The van der Waals surface area contributed by atoms with Gasteiger partial charge < -0.3 is 0 Å². The second-order valence-corrected chi connectivity index (χ2v) is 2.60. The average molecular weight is 191 g/mol. The molecule has 1 rings (SSSR count). The summed E-state index contributed by atoms with van der Waals surface area (Å²) in [4.78, 5) is 17.7. The Hall–Kier alpha value is -0.670. The molecule has 0 bridgehead atoms. The van der Waals surface area contributed by atoms with Gasteiger partial charge in [0.2, 0.25) is 5.28 Å². The fraction of sp³-hybridized carbons (Fsp3) is 0.167. The van der Waals surface area contributed by atoms with Crippen molar-refractivity contribution < 1.29 is 4.79 Å². The molecule has 3 nitrogen and oxygen atoms in total. The van der Waals surface area contributed by atoms with Crippen molar-refractivity contribution in [2.75, 3.05) is 0 Å². The first-order chi connectivity index (χ1) is 5.15. The van der Waals surface area contributed by atoms with Crippen molar-refractivity contribution in [2.45, 2.75) is 6.92 Å². The summed E-state index contributed by atoms with van der Waals surface area (Å²) in [5.74, 6) is 0. The maximum Gasteiger partial charge on any atom is 0.224 e. The average Bonchev–Trinajstić information content (AvgIpc) is 1.85. The van der Waals surface area contributed by atoms with Gasteiger partial charge in [-0.05, 0) is 18.5 Å². The topological polar surface area (TPSA) is 42.9 Å². The Morgan fingerprint density at radius 2 is 2.00 bits per heavy atom. The first kappa shape index (κ1) is 8.43. The number of rotatable bonds is 1. The molecule has 0 unspecified atom stereocenters. The lowest BCUT2D eigenvalue weighted by atomic mass is 10.3. The molecule has 0 aliphatic heterocycles. The molecule has 0 N–H and O–H groups in total. The van der Waals surface area contributed by atoms with Crippen LogP contribution in [0.3, 0.4) is 0 Å². The molecule has 0 radical (unpaired) electrons. The number of hydrogen-bond donors (Lipinski definition) is 0. The van der Waals surface area contributed by atoms with Gasteiger partial charge in [0.1, 0.15) is 5.15 Å². The molecule has 0 saturated heterocycles. The van der Waals surface area contributed by atoms with Crippen LogP contribution in [0.4, 0.5) is 0 Å². The molecule has 0 saturated carbocycles. The fourth-order valence-electron chi connectivity index (χ4n) is 0.648. The predicted octanol–water partition coefficient (Wildman–Crippen LogP) is 1.90. The van der Waals surface area contributed by atoms with Gasteiger partial charge in [0, 0.05) is 0 Å². The number of aromatic nitrogens is 2. The molecule has 58 valence electrons. The first-order valence-electron chi connectivity index (χ1n) is 2.80. The smallest absolute Gasteiger partial charge is 0.224 e. The van der Waals surface area contributed by atoms with Crippen LogP contribution in [0.5, 0.6) is 0 Å². The molecule has 0 spiro atoms. The van der Waals surface area contributed by atoms with Gasteiger partial charge in [-0.3, -0.25) is 4.79 Å². The van der Waals surface area contributed by atoms with E-state index in [2.05, 4.69) is 9.97 Å². The molecular formula is C6H4Cl2N2O. The number of aldehydes is 1. The highest BCUT2D eigenvalue weighted by molar-refractivity contribution is 6.33. The highest BCUT2D eigenvalue weighted by Crippen LogP contribution is 2.15. The minimum atomic E-state index is 0.0538. The molecule has 1 heterocycles. The van der Waals surface area contributed by atoms with Gasteiger partial charge in [-0.1, -0.05) is 11.6 Å². The third-order valence-electron chi connectivity index (χ3n) is 1.18. The number of halogens is 2. The predicted molar refractivity (Wildman–Crippen MR) is 42.2 cm³/mol. The minimum Gasteiger partial charge on any atom is -0.298 e. The van der Waals surface area contributed by atoms with Crippen molar-refractivity contribution in [1.82, 2.24) is 9.97 Å². The normalized spacial score (nSPS) is 9.73. The monoisotopic (exact) mass is 190 g/mol. The SMILES string of the molecule is Cc1nc(Cl)nc(Cl)c1C=O. The second-order valence-electron chi connectivity index (χ2n) is 1.90. The van der Waals surface area contributed by atoms with Crippen molar-refractivity contribution in [1.29, 1.82) is 0 Å². The number of nitrogens with zero attached hydrogens (tertiary/aromatic N) is 2. The molecule has 1 aromatic heterocycles. The number of carbonyl (C=O) groups excluding carboxylic acids is 1. The summed E-state index contributed by atoms with van der Waals surface area (Å²) in [6.07, 6.45) is 0.605. The van der Waals surface area contributed by atoms with E-state index >= 15 is 0 Å². The molecule has 0 aliphatic rings.